The molecule has 19 heavy (non-hydrogen) atoms. The number of benzene rings is 1. The molecule has 1 fully saturated rings. The molecule has 3 rings (SSSR count). The highest BCUT2D eigenvalue weighted by Crippen LogP contribution is 2.61. The minimum Gasteiger partial charge on any atom is -0.496 e. The van der Waals surface area contributed by atoms with E-state index in [1.807, 2.05) is 26.8 Å². The lowest BCUT2D eigenvalue weighted by atomic mass is 9.90. The zero-order valence-corrected chi connectivity index (χ0v) is 12.3. The fourth-order valence-electron chi connectivity index (χ4n) is 3.48. The molecule has 3 nitrogen and oxygen atoms in total. The van der Waals surface area contributed by atoms with Crippen molar-refractivity contribution >= 4 is 0 Å². The minimum atomic E-state index is -0.702. The van der Waals surface area contributed by atoms with E-state index in [1.54, 1.807) is 7.11 Å². The van der Waals surface area contributed by atoms with Gasteiger partial charge in [0.2, 0.25) is 0 Å². The van der Waals surface area contributed by atoms with Crippen LogP contribution in [0.25, 0.3) is 0 Å². The molecule has 1 aromatic rings. The normalized spacial score (nSPS) is 34.6. The number of methoxy groups -OCH3 is 1. The summed E-state index contributed by atoms with van der Waals surface area (Å²) >= 11 is 0. The SMILES string of the molecule is COc1cc2c(cc1C)OC(C)(C)C1(O)CC1[C@@H]2C. The lowest BCUT2D eigenvalue weighted by Gasteiger charge is -2.31. The maximum atomic E-state index is 10.7. The molecule has 0 saturated heterocycles. The molecule has 2 aliphatic rings. The molecule has 0 amide bonds. The summed E-state index contributed by atoms with van der Waals surface area (Å²) in [7, 11) is 1.69. The summed E-state index contributed by atoms with van der Waals surface area (Å²) in [4.78, 5) is 0. The first-order valence-corrected chi connectivity index (χ1v) is 6.90. The molecular formula is C16H22O3. The van der Waals surface area contributed by atoms with E-state index < -0.39 is 11.2 Å². The second-order valence-corrected chi connectivity index (χ2v) is 6.50. The van der Waals surface area contributed by atoms with Crippen molar-refractivity contribution in [1.82, 2.24) is 0 Å². The van der Waals surface area contributed by atoms with Gasteiger partial charge >= 0.3 is 0 Å². The molecule has 0 spiro atoms. The Kier molecular flexibility index (Phi) is 2.47. The fraction of sp³-hybridized carbons (Fsp3) is 0.625. The molecule has 104 valence electrons. The zero-order valence-electron chi connectivity index (χ0n) is 12.3. The largest absolute Gasteiger partial charge is 0.496 e. The Hall–Kier alpha value is -1.22. The van der Waals surface area contributed by atoms with E-state index in [9.17, 15) is 5.11 Å². The van der Waals surface area contributed by atoms with E-state index in [2.05, 4.69) is 13.0 Å². The van der Waals surface area contributed by atoms with Crippen LogP contribution >= 0.6 is 0 Å². The number of ether oxygens (including phenoxy) is 2. The summed E-state index contributed by atoms with van der Waals surface area (Å²) in [5.41, 5.74) is 0.964. The van der Waals surface area contributed by atoms with Crippen LogP contribution in [0.2, 0.25) is 0 Å². The lowest BCUT2D eigenvalue weighted by Crippen LogP contribution is -2.45. The van der Waals surface area contributed by atoms with Gasteiger partial charge in [0.05, 0.1) is 7.11 Å². The van der Waals surface area contributed by atoms with E-state index in [4.69, 9.17) is 9.47 Å². The first-order valence-electron chi connectivity index (χ1n) is 6.90. The van der Waals surface area contributed by atoms with Crippen LogP contribution in [0.1, 0.15) is 44.2 Å². The van der Waals surface area contributed by atoms with Crippen LogP contribution in [0.3, 0.4) is 0 Å². The maximum absolute atomic E-state index is 10.7. The Morgan fingerprint density at radius 3 is 2.68 bits per heavy atom. The standard InChI is InChI=1S/C16H22O3/c1-9-6-14-11(7-13(9)18-5)10(2)12-8-16(12,17)15(3,4)19-14/h6-7,10,12,17H,8H2,1-5H3/t10-,12?,16?/m1/s1. The van der Waals surface area contributed by atoms with Crippen molar-refractivity contribution in [3.8, 4) is 11.5 Å². The van der Waals surface area contributed by atoms with Crippen molar-refractivity contribution in [3.05, 3.63) is 23.3 Å². The molecular weight excluding hydrogens is 240 g/mol. The highest BCUT2D eigenvalue weighted by molar-refractivity contribution is 5.50. The Labute approximate surface area is 114 Å². The molecule has 1 N–H and O–H groups in total. The molecule has 1 aliphatic heterocycles. The highest BCUT2D eigenvalue weighted by Gasteiger charge is 2.67. The summed E-state index contributed by atoms with van der Waals surface area (Å²) in [5, 5.41) is 10.7. The van der Waals surface area contributed by atoms with E-state index in [1.165, 1.54) is 0 Å². The third-order valence-corrected chi connectivity index (χ3v) is 5.01. The van der Waals surface area contributed by atoms with Crippen LogP contribution in [0.15, 0.2) is 12.1 Å². The first-order chi connectivity index (χ1) is 8.80. The Morgan fingerprint density at radius 1 is 1.37 bits per heavy atom. The van der Waals surface area contributed by atoms with Crippen LogP contribution < -0.4 is 9.47 Å². The van der Waals surface area contributed by atoms with Crippen molar-refractivity contribution in [1.29, 1.82) is 0 Å². The van der Waals surface area contributed by atoms with Gasteiger partial charge in [-0.25, -0.2) is 0 Å². The van der Waals surface area contributed by atoms with E-state index in [0.717, 1.165) is 29.0 Å². The lowest BCUT2D eigenvalue weighted by molar-refractivity contribution is -0.0542. The van der Waals surface area contributed by atoms with Gasteiger partial charge in [-0.3, -0.25) is 0 Å². The maximum Gasteiger partial charge on any atom is 0.132 e. The van der Waals surface area contributed by atoms with Gasteiger partial charge in [0.15, 0.2) is 0 Å². The average molecular weight is 262 g/mol. The van der Waals surface area contributed by atoms with Gasteiger partial charge in [-0.1, -0.05) is 6.92 Å². The molecule has 0 bridgehead atoms. The second-order valence-electron chi connectivity index (χ2n) is 6.50. The van der Waals surface area contributed by atoms with E-state index in [0.29, 0.717) is 0 Å². The monoisotopic (exact) mass is 262 g/mol. The third kappa shape index (κ3) is 1.61. The van der Waals surface area contributed by atoms with Crippen molar-refractivity contribution in [2.75, 3.05) is 7.11 Å². The predicted octanol–water partition coefficient (Wildman–Crippen LogP) is 3.03. The van der Waals surface area contributed by atoms with Gasteiger partial charge in [-0.15, -0.1) is 0 Å². The number of aryl methyl sites for hydroxylation is 1. The number of aliphatic hydroxyl groups is 1. The summed E-state index contributed by atoms with van der Waals surface area (Å²) in [6, 6.07) is 4.09. The van der Waals surface area contributed by atoms with Gasteiger partial charge in [0.1, 0.15) is 22.7 Å². The van der Waals surface area contributed by atoms with Crippen LogP contribution in [0.5, 0.6) is 11.5 Å². The fourth-order valence-corrected chi connectivity index (χ4v) is 3.48. The van der Waals surface area contributed by atoms with Gasteiger partial charge in [0, 0.05) is 11.5 Å². The molecule has 2 unspecified atom stereocenters. The molecule has 3 heteroatoms. The van der Waals surface area contributed by atoms with Crippen molar-refractivity contribution < 1.29 is 14.6 Å². The summed E-state index contributed by atoms with van der Waals surface area (Å²) in [6.45, 7) is 8.14. The molecule has 1 aromatic carbocycles. The van der Waals surface area contributed by atoms with Gasteiger partial charge in [0.25, 0.3) is 0 Å². The average Bonchev–Trinajstić information content (AvgIpc) is 3.02. The molecule has 0 aromatic heterocycles. The molecule has 0 radical (unpaired) electrons. The van der Waals surface area contributed by atoms with Gasteiger partial charge < -0.3 is 14.6 Å². The Balaban J connectivity index is 2.14. The summed E-state index contributed by atoms with van der Waals surface area (Å²) in [6.07, 6.45) is 0.816. The minimum absolute atomic E-state index is 0.274. The first kappa shape index (κ1) is 12.8. The van der Waals surface area contributed by atoms with Crippen molar-refractivity contribution in [3.63, 3.8) is 0 Å². The third-order valence-electron chi connectivity index (χ3n) is 5.01. The van der Waals surface area contributed by atoms with Crippen molar-refractivity contribution in [2.24, 2.45) is 5.92 Å². The molecule has 1 saturated carbocycles. The number of rotatable bonds is 1. The van der Waals surface area contributed by atoms with Crippen molar-refractivity contribution in [2.45, 2.75) is 51.2 Å². The van der Waals surface area contributed by atoms with Crippen LogP contribution in [-0.4, -0.2) is 23.4 Å². The highest BCUT2D eigenvalue weighted by atomic mass is 16.5. The molecule has 3 atom stereocenters. The molecule has 1 aliphatic carbocycles. The predicted molar refractivity (Wildman–Crippen MR) is 73.9 cm³/mol. The van der Waals surface area contributed by atoms with Crippen LogP contribution in [-0.2, 0) is 0 Å². The van der Waals surface area contributed by atoms with Gasteiger partial charge in [-0.2, -0.15) is 0 Å². The smallest absolute Gasteiger partial charge is 0.132 e. The topological polar surface area (TPSA) is 38.7 Å². The second kappa shape index (κ2) is 3.66. The van der Waals surface area contributed by atoms with Crippen LogP contribution in [0.4, 0.5) is 0 Å². The van der Waals surface area contributed by atoms with E-state index in [-0.39, 0.29) is 11.8 Å². The summed E-state index contributed by atoms with van der Waals surface area (Å²) in [5.74, 6) is 2.34. The summed E-state index contributed by atoms with van der Waals surface area (Å²) < 4.78 is 11.6. The molecule has 1 heterocycles. The number of hydrogen-bond donors (Lipinski definition) is 1. The van der Waals surface area contributed by atoms with Gasteiger partial charge in [-0.05, 0) is 50.8 Å². The van der Waals surface area contributed by atoms with E-state index >= 15 is 0 Å². The number of hydrogen-bond acceptors (Lipinski definition) is 3. The quantitative estimate of drug-likeness (QED) is 0.845. The Bertz CT molecular complexity index is 535. The number of fused-ring (bicyclic) bond motifs is 2. The van der Waals surface area contributed by atoms with Crippen LogP contribution in [0, 0.1) is 12.8 Å². The zero-order chi connectivity index (χ0) is 14.0. The Morgan fingerprint density at radius 2 is 2.05 bits per heavy atom.